The number of rotatable bonds is 9. The molecule has 30 heavy (non-hydrogen) atoms. The Hall–Kier alpha value is -2.65. The van der Waals surface area contributed by atoms with Gasteiger partial charge < -0.3 is 20.5 Å². The normalized spacial score (nSPS) is 15.7. The van der Waals surface area contributed by atoms with Crippen LogP contribution in [0.4, 0.5) is 26.2 Å². The van der Waals surface area contributed by atoms with Gasteiger partial charge in [0.25, 0.3) is 0 Å². The van der Waals surface area contributed by atoms with Gasteiger partial charge in [0, 0.05) is 34.2 Å². The second kappa shape index (κ2) is 9.90. The van der Waals surface area contributed by atoms with Gasteiger partial charge in [0.05, 0.1) is 30.3 Å². The van der Waals surface area contributed by atoms with E-state index in [1.807, 2.05) is 6.92 Å². The number of nitrogen functional groups attached to an aromatic ring is 1. The van der Waals surface area contributed by atoms with Crippen molar-refractivity contribution in [3.05, 3.63) is 53.8 Å². The van der Waals surface area contributed by atoms with Crippen LogP contribution >= 0.6 is 0 Å². The van der Waals surface area contributed by atoms with Crippen molar-refractivity contribution in [3.8, 4) is 0 Å². The van der Waals surface area contributed by atoms with Gasteiger partial charge in [-0.15, -0.1) is 0 Å². The van der Waals surface area contributed by atoms with Crippen molar-refractivity contribution in [1.29, 1.82) is 0 Å². The SMILES string of the molecule is CC1(CS(=O)CCOC(=O)Nc2ccc(NCc3ccc(F)cc3)cc2N)COC1. The molecule has 0 radical (unpaired) electrons. The standard InChI is InChI=1S/C21H26FN3O4S/c1-21(12-28-13-21)14-30(27)9-8-29-20(26)25-19-7-6-17(10-18(19)23)24-11-15-2-4-16(22)5-3-15/h2-7,10,24H,8-9,11-14,23H2,1H3,(H,25,26). The van der Waals surface area contributed by atoms with Crippen LogP contribution < -0.4 is 16.4 Å². The quantitative estimate of drug-likeness (QED) is 0.522. The van der Waals surface area contributed by atoms with Crippen LogP contribution in [0.25, 0.3) is 0 Å². The Balaban J connectivity index is 1.41. The number of benzene rings is 2. The van der Waals surface area contributed by atoms with E-state index in [0.29, 0.717) is 36.9 Å². The van der Waals surface area contributed by atoms with Crippen LogP contribution in [0.5, 0.6) is 0 Å². The van der Waals surface area contributed by atoms with Crippen molar-refractivity contribution in [2.24, 2.45) is 5.41 Å². The zero-order chi connectivity index (χ0) is 21.6. The van der Waals surface area contributed by atoms with E-state index in [9.17, 15) is 13.4 Å². The molecule has 1 fully saturated rings. The molecule has 1 amide bonds. The number of nitrogens with two attached hydrogens (primary N) is 1. The Morgan fingerprint density at radius 3 is 2.63 bits per heavy atom. The van der Waals surface area contributed by atoms with Crippen LogP contribution in [-0.4, -0.2) is 41.6 Å². The van der Waals surface area contributed by atoms with Gasteiger partial charge in [-0.05, 0) is 35.9 Å². The maximum Gasteiger partial charge on any atom is 0.411 e. The fourth-order valence-electron chi connectivity index (χ4n) is 2.96. The maximum absolute atomic E-state index is 12.9. The molecule has 9 heteroatoms. The molecule has 3 rings (SSSR count). The molecule has 0 saturated carbocycles. The number of ether oxygens (including phenoxy) is 2. The highest BCUT2D eigenvalue weighted by atomic mass is 32.2. The Labute approximate surface area is 177 Å². The highest BCUT2D eigenvalue weighted by molar-refractivity contribution is 7.85. The average molecular weight is 436 g/mol. The minimum atomic E-state index is -1.07. The molecule has 1 aliphatic heterocycles. The molecule has 1 saturated heterocycles. The summed E-state index contributed by atoms with van der Waals surface area (Å²) in [6.07, 6.45) is -0.649. The van der Waals surface area contributed by atoms with Gasteiger partial charge in [0.2, 0.25) is 0 Å². The topological polar surface area (TPSA) is 103 Å². The molecule has 4 N–H and O–H groups in total. The molecule has 0 bridgehead atoms. The van der Waals surface area contributed by atoms with E-state index >= 15 is 0 Å². The third-order valence-corrected chi connectivity index (χ3v) is 6.29. The van der Waals surface area contributed by atoms with E-state index in [1.54, 1.807) is 30.3 Å². The molecule has 1 aliphatic rings. The van der Waals surface area contributed by atoms with E-state index in [2.05, 4.69) is 10.6 Å². The van der Waals surface area contributed by atoms with Crippen LogP contribution in [0.2, 0.25) is 0 Å². The summed E-state index contributed by atoms with van der Waals surface area (Å²) in [5, 5.41) is 5.77. The molecule has 2 aromatic carbocycles. The number of anilines is 3. The summed E-state index contributed by atoms with van der Waals surface area (Å²) in [5.74, 6) is 0.543. The lowest BCUT2D eigenvalue weighted by atomic mass is 9.92. The zero-order valence-electron chi connectivity index (χ0n) is 16.8. The Bertz CT molecular complexity index is 904. The maximum atomic E-state index is 12.9. The van der Waals surface area contributed by atoms with E-state index < -0.39 is 16.9 Å². The first-order valence-corrected chi connectivity index (χ1v) is 11.1. The summed E-state index contributed by atoms with van der Waals surface area (Å²) < 4.78 is 35.3. The summed E-state index contributed by atoms with van der Waals surface area (Å²) in [5.41, 5.74) is 8.46. The third-order valence-electron chi connectivity index (χ3n) is 4.65. The number of halogens is 1. The van der Waals surface area contributed by atoms with Crippen molar-refractivity contribution >= 4 is 34.0 Å². The molecule has 0 aliphatic carbocycles. The number of carbonyl (C=O) groups is 1. The van der Waals surface area contributed by atoms with Crippen LogP contribution in [0.3, 0.4) is 0 Å². The molecule has 1 unspecified atom stereocenters. The van der Waals surface area contributed by atoms with Crippen LogP contribution in [-0.2, 0) is 26.8 Å². The van der Waals surface area contributed by atoms with Gasteiger partial charge in [-0.1, -0.05) is 19.1 Å². The molecule has 0 aromatic heterocycles. The minimum Gasteiger partial charge on any atom is -0.448 e. The summed E-state index contributed by atoms with van der Waals surface area (Å²) in [6.45, 7) is 3.84. The molecule has 1 heterocycles. The Kier molecular flexibility index (Phi) is 7.28. The molecular formula is C21H26FN3O4S. The smallest absolute Gasteiger partial charge is 0.411 e. The molecule has 162 valence electrons. The van der Waals surface area contributed by atoms with E-state index in [4.69, 9.17) is 15.2 Å². The first-order valence-electron chi connectivity index (χ1n) is 9.57. The van der Waals surface area contributed by atoms with Gasteiger partial charge in [-0.3, -0.25) is 9.53 Å². The molecular weight excluding hydrogens is 409 g/mol. The number of amides is 1. The van der Waals surface area contributed by atoms with Crippen molar-refractivity contribution in [1.82, 2.24) is 0 Å². The molecule has 1 atom stereocenters. The second-order valence-corrected chi connectivity index (χ2v) is 9.21. The summed E-state index contributed by atoms with van der Waals surface area (Å²) in [6, 6.07) is 11.3. The van der Waals surface area contributed by atoms with Gasteiger partial charge in [-0.25, -0.2) is 9.18 Å². The van der Waals surface area contributed by atoms with Gasteiger partial charge >= 0.3 is 6.09 Å². The summed E-state index contributed by atoms with van der Waals surface area (Å²) in [4.78, 5) is 12.0. The third kappa shape index (κ3) is 6.43. The summed E-state index contributed by atoms with van der Waals surface area (Å²) in [7, 11) is -1.07. The number of carbonyl (C=O) groups excluding carboxylic acids is 1. The lowest BCUT2D eigenvalue weighted by Gasteiger charge is -2.37. The van der Waals surface area contributed by atoms with Crippen molar-refractivity contribution in [2.75, 3.05) is 47.7 Å². The number of hydrogen-bond donors (Lipinski definition) is 3. The number of hydrogen-bond acceptors (Lipinski definition) is 6. The second-order valence-electron chi connectivity index (χ2n) is 7.63. The molecule has 0 spiro atoms. The van der Waals surface area contributed by atoms with E-state index in [0.717, 1.165) is 11.3 Å². The first-order chi connectivity index (χ1) is 14.3. The predicted octanol–water partition coefficient (Wildman–Crippen LogP) is 3.35. The number of nitrogens with one attached hydrogen (secondary N) is 2. The van der Waals surface area contributed by atoms with Gasteiger partial charge in [0.15, 0.2) is 0 Å². The minimum absolute atomic E-state index is 0.0337. The highest BCUT2D eigenvalue weighted by Gasteiger charge is 2.34. The van der Waals surface area contributed by atoms with Crippen LogP contribution in [0.15, 0.2) is 42.5 Å². The van der Waals surface area contributed by atoms with Crippen molar-refractivity contribution in [2.45, 2.75) is 13.5 Å². The first kappa shape index (κ1) is 22.0. The molecule has 2 aromatic rings. The van der Waals surface area contributed by atoms with E-state index in [-0.39, 0.29) is 23.6 Å². The monoisotopic (exact) mass is 435 g/mol. The Morgan fingerprint density at radius 1 is 1.27 bits per heavy atom. The fraction of sp³-hybridized carbons (Fsp3) is 0.381. The molecule has 7 nitrogen and oxygen atoms in total. The Morgan fingerprint density at radius 2 is 2.00 bits per heavy atom. The lowest BCUT2D eigenvalue weighted by molar-refractivity contribution is -0.0866. The van der Waals surface area contributed by atoms with Crippen molar-refractivity contribution < 1.29 is 22.9 Å². The average Bonchev–Trinajstić information content (AvgIpc) is 2.68. The summed E-state index contributed by atoms with van der Waals surface area (Å²) >= 11 is 0. The highest BCUT2D eigenvalue weighted by Crippen LogP contribution is 2.27. The van der Waals surface area contributed by atoms with Crippen molar-refractivity contribution in [3.63, 3.8) is 0 Å². The predicted molar refractivity (Wildman–Crippen MR) is 116 cm³/mol. The van der Waals surface area contributed by atoms with Crippen LogP contribution in [0, 0.1) is 11.2 Å². The van der Waals surface area contributed by atoms with E-state index in [1.165, 1.54) is 12.1 Å². The van der Waals surface area contributed by atoms with Gasteiger partial charge in [-0.2, -0.15) is 0 Å². The largest absolute Gasteiger partial charge is 0.448 e. The lowest BCUT2D eigenvalue weighted by Crippen LogP contribution is -2.44. The fourth-order valence-corrected chi connectivity index (χ4v) is 4.32. The van der Waals surface area contributed by atoms with Gasteiger partial charge in [0.1, 0.15) is 12.4 Å². The van der Waals surface area contributed by atoms with Crippen LogP contribution in [0.1, 0.15) is 12.5 Å². The zero-order valence-corrected chi connectivity index (χ0v) is 17.6.